The molecule has 0 saturated carbocycles. The monoisotopic (exact) mass is 386 g/mol. The van der Waals surface area contributed by atoms with Gasteiger partial charge in [-0.05, 0) is 18.9 Å². The molecule has 0 spiro atoms. The Hall–Kier alpha value is -1.85. The van der Waals surface area contributed by atoms with E-state index in [9.17, 15) is 19.5 Å². The van der Waals surface area contributed by atoms with Crippen molar-refractivity contribution < 1.29 is 33.7 Å². The summed E-state index contributed by atoms with van der Waals surface area (Å²) in [6.45, 7) is 13.4. The van der Waals surface area contributed by atoms with Gasteiger partial charge in [0, 0.05) is 0 Å². The third-order valence-corrected chi connectivity index (χ3v) is 8.75. The van der Waals surface area contributed by atoms with Gasteiger partial charge < -0.3 is 19.3 Å². The molecule has 0 fully saturated rings. The van der Waals surface area contributed by atoms with E-state index in [1.807, 2.05) is 0 Å². The highest BCUT2D eigenvalue weighted by atomic mass is 28.3. The lowest BCUT2D eigenvalue weighted by Gasteiger charge is -2.31. The minimum absolute atomic E-state index is 0.00546. The van der Waals surface area contributed by atoms with Crippen LogP contribution in [0.5, 0.6) is 0 Å². The lowest BCUT2D eigenvalue weighted by atomic mass is 10.0. The molecular formula is C18H30O7Si. The maximum absolute atomic E-state index is 12.0. The fourth-order valence-electron chi connectivity index (χ4n) is 1.59. The molecule has 0 aliphatic rings. The van der Waals surface area contributed by atoms with E-state index >= 15 is 0 Å². The molecule has 0 aliphatic carbocycles. The van der Waals surface area contributed by atoms with Gasteiger partial charge in [0.25, 0.3) is 0 Å². The van der Waals surface area contributed by atoms with Crippen LogP contribution < -0.4 is 0 Å². The number of aliphatic hydroxyl groups excluding tert-OH is 1. The third kappa shape index (κ3) is 7.18. The Morgan fingerprint density at radius 1 is 0.962 bits per heavy atom. The van der Waals surface area contributed by atoms with E-state index < -0.39 is 38.0 Å². The van der Waals surface area contributed by atoms with Crippen molar-refractivity contribution in [3.8, 4) is 11.5 Å². The summed E-state index contributed by atoms with van der Waals surface area (Å²) in [5.41, 5.74) is 3.16. The number of rotatable bonds is 7. The Balaban J connectivity index is 5.01. The van der Waals surface area contributed by atoms with Crippen LogP contribution in [0.25, 0.3) is 0 Å². The Labute approximate surface area is 156 Å². The molecule has 1 N–H and O–H groups in total. The van der Waals surface area contributed by atoms with Gasteiger partial charge in [0.05, 0.1) is 13.2 Å². The normalized spacial score (nSPS) is 12.7. The van der Waals surface area contributed by atoms with Crippen LogP contribution in [0.2, 0.25) is 18.1 Å². The van der Waals surface area contributed by atoms with E-state index in [0.29, 0.717) is 0 Å². The van der Waals surface area contributed by atoms with Gasteiger partial charge >= 0.3 is 17.9 Å². The van der Waals surface area contributed by atoms with Gasteiger partial charge in [0.2, 0.25) is 0 Å². The second-order valence-electron chi connectivity index (χ2n) is 7.21. The highest BCUT2D eigenvalue weighted by molar-refractivity contribution is 6.87. The zero-order chi connectivity index (χ0) is 20.5. The topological polar surface area (TPSA) is 99.1 Å². The molecule has 7 nitrogen and oxygen atoms in total. The quantitative estimate of drug-likeness (QED) is 0.234. The fraction of sp³-hybridized carbons (Fsp3) is 0.722. The summed E-state index contributed by atoms with van der Waals surface area (Å²) in [6.07, 6.45) is -2.01. The molecule has 0 rings (SSSR count). The van der Waals surface area contributed by atoms with E-state index in [2.05, 4.69) is 45.3 Å². The summed E-state index contributed by atoms with van der Waals surface area (Å²) >= 11 is 0. The van der Waals surface area contributed by atoms with Crippen molar-refractivity contribution in [3.05, 3.63) is 0 Å². The SMILES string of the molecule is CCOC(=O)C(C(=O)OCC)C(O)C(=O)OCC#C[Si](C)(C)C(C)(C)C. The van der Waals surface area contributed by atoms with E-state index in [-0.39, 0.29) is 24.9 Å². The maximum Gasteiger partial charge on any atom is 0.337 e. The molecule has 0 heterocycles. The Morgan fingerprint density at radius 3 is 1.81 bits per heavy atom. The van der Waals surface area contributed by atoms with E-state index in [4.69, 9.17) is 14.2 Å². The summed E-state index contributed by atoms with van der Waals surface area (Å²) in [5, 5.41) is 10.1. The van der Waals surface area contributed by atoms with Gasteiger partial charge in [0.15, 0.2) is 18.6 Å². The van der Waals surface area contributed by atoms with Gasteiger partial charge in [-0.3, -0.25) is 9.59 Å². The molecule has 0 saturated heterocycles. The largest absolute Gasteiger partial charge is 0.465 e. The zero-order valence-electron chi connectivity index (χ0n) is 16.7. The minimum Gasteiger partial charge on any atom is -0.465 e. The number of carbonyl (C=O) groups excluding carboxylic acids is 3. The number of ether oxygens (including phenoxy) is 3. The lowest BCUT2D eigenvalue weighted by Crippen LogP contribution is -2.43. The van der Waals surface area contributed by atoms with Crippen molar-refractivity contribution in [2.24, 2.45) is 5.92 Å². The van der Waals surface area contributed by atoms with Crippen LogP contribution in [0.1, 0.15) is 34.6 Å². The van der Waals surface area contributed by atoms with Crippen LogP contribution in [-0.4, -0.2) is 57.0 Å². The van der Waals surface area contributed by atoms with Crippen molar-refractivity contribution >= 4 is 26.0 Å². The van der Waals surface area contributed by atoms with Crippen LogP contribution in [0.15, 0.2) is 0 Å². The molecule has 0 amide bonds. The molecule has 0 aromatic carbocycles. The average molecular weight is 387 g/mol. The fourth-order valence-corrected chi connectivity index (χ4v) is 2.48. The van der Waals surface area contributed by atoms with Gasteiger partial charge in [0.1, 0.15) is 8.07 Å². The van der Waals surface area contributed by atoms with E-state index in [1.54, 1.807) is 13.8 Å². The highest BCUT2D eigenvalue weighted by Gasteiger charge is 2.41. The average Bonchev–Trinajstić information content (AvgIpc) is 2.50. The first-order valence-electron chi connectivity index (χ1n) is 8.57. The summed E-state index contributed by atoms with van der Waals surface area (Å²) in [7, 11) is -1.85. The first-order valence-corrected chi connectivity index (χ1v) is 11.6. The van der Waals surface area contributed by atoms with Crippen molar-refractivity contribution in [1.29, 1.82) is 0 Å². The standard InChI is InChI=1S/C18H30O7Si/c1-8-23-15(20)13(16(21)24-9-2)14(19)17(22)25-11-10-12-26(6,7)18(3,4)5/h13-14,19H,8-9,11H2,1-7H3. The van der Waals surface area contributed by atoms with Crippen LogP contribution in [0.4, 0.5) is 0 Å². The molecular weight excluding hydrogens is 356 g/mol. The van der Waals surface area contributed by atoms with Gasteiger partial charge in [-0.2, -0.15) is 0 Å². The number of carbonyl (C=O) groups is 3. The molecule has 26 heavy (non-hydrogen) atoms. The van der Waals surface area contributed by atoms with Gasteiger partial charge in [-0.25, -0.2) is 4.79 Å². The molecule has 0 aliphatic heterocycles. The van der Waals surface area contributed by atoms with Crippen LogP contribution in [0.3, 0.4) is 0 Å². The van der Waals surface area contributed by atoms with Gasteiger partial charge in [-0.1, -0.05) is 39.8 Å². The first kappa shape index (κ1) is 24.1. The van der Waals surface area contributed by atoms with Crippen molar-refractivity contribution in [1.82, 2.24) is 0 Å². The van der Waals surface area contributed by atoms with Crippen molar-refractivity contribution in [2.45, 2.75) is 58.9 Å². The Bertz CT molecular complexity index is 548. The molecule has 0 bridgehead atoms. The molecule has 8 heteroatoms. The number of esters is 3. The van der Waals surface area contributed by atoms with Crippen LogP contribution in [-0.2, 0) is 28.6 Å². The number of aliphatic hydroxyl groups is 1. The third-order valence-electron chi connectivity index (χ3n) is 4.20. The summed E-state index contributed by atoms with van der Waals surface area (Å²) in [5.74, 6) is -2.19. The van der Waals surface area contributed by atoms with E-state index in [0.717, 1.165) is 0 Å². The molecule has 0 aromatic rings. The highest BCUT2D eigenvalue weighted by Crippen LogP contribution is 2.35. The zero-order valence-corrected chi connectivity index (χ0v) is 17.7. The lowest BCUT2D eigenvalue weighted by molar-refractivity contribution is -0.175. The van der Waals surface area contributed by atoms with Crippen molar-refractivity contribution in [2.75, 3.05) is 19.8 Å². The van der Waals surface area contributed by atoms with Crippen LogP contribution >= 0.6 is 0 Å². The minimum atomic E-state index is -2.01. The Kier molecular flexibility index (Phi) is 9.60. The molecule has 1 unspecified atom stereocenters. The second kappa shape index (κ2) is 10.3. The smallest absolute Gasteiger partial charge is 0.337 e. The Morgan fingerprint density at radius 2 is 1.42 bits per heavy atom. The first-order chi connectivity index (χ1) is 11.9. The second-order valence-corrected chi connectivity index (χ2v) is 12.2. The van der Waals surface area contributed by atoms with E-state index in [1.165, 1.54) is 0 Å². The molecule has 148 valence electrons. The summed E-state index contributed by atoms with van der Waals surface area (Å²) < 4.78 is 14.3. The number of hydrogen-bond acceptors (Lipinski definition) is 7. The van der Waals surface area contributed by atoms with Crippen LogP contribution in [0, 0.1) is 17.4 Å². The predicted octanol–water partition coefficient (Wildman–Crippen LogP) is 1.68. The number of hydrogen-bond donors (Lipinski definition) is 1. The van der Waals surface area contributed by atoms with Crippen molar-refractivity contribution in [3.63, 3.8) is 0 Å². The molecule has 0 radical (unpaired) electrons. The predicted molar refractivity (Wildman–Crippen MR) is 98.7 cm³/mol. The summed E-state index contributed by atoms with van der Waals surface area (Å²) in [4.78, 5) is 35.7. The summed E-state index contributed by atoms with van der Waals surface area (Å²) in [6, 6.07) is 0. The maximum atomic E-state index is 12.0. The molecule has 0 aromatic heterocycles. The molecule has 1 atom stereocenters. The van der Waals surface area contributed by atoms with Gasteiger partial charge in [-0.15, -0.1) is 5.54 Å².